The third-order valence-electron chi connectivity index (χ3n) is 3.12. The van der Waals surface area contributed by atoms with E-state index < -0.39 is 22.9 Å². The van der Waals surface area contributed by atoms with Gasteiger partial charge in [0.2, 0.25) is 5.82 Å². The van der Waals surface area contributed by atoms with Gasteiger partial charge in [0.1, 0.15) is 0 Å². The molecule has 0 aliphatic heterocycles. The van der Waals surface area contributed by atoms with Crippen LogP contribution in [0.4, 0.5) is 13.2 Å². The number of nitrogens with zero attached hydrogens (tertiary/aromatic N) is 2. The molecule has 0 saturated heterocycles. The molecule has 1 aromatic heterocycles. The van der Waals surface area contributed by atoms with Crippen LogP contribution in [0.25, 0.3) is 11.4 Å². The van der Waals surface area contributed by atoms with Crippen LogP contribution in [0.3, 0.4) is 0 Å². The quantitative estimate of drug-likeness (QED) is 0.850. The Bertz CT molecular complexity index is 665. The van der Waals surface area contributed by atoms with E-state index in [4.69, 9.17) is 0 Å². The van der Waals surface area contributed by atoms with E-state index >= 15 is 0 Å². The molecule has 0 spiro atoms. The fraction of sp³-hybridized carbons (Fsp3) is 0.429. The van der Waals surface area contributed by atoms with Crippen molar-refractivity contribution in [2.45, 2.75) is 37.4 Å². The number of halogens is 3. The van der Waals surface area contributed by atoms with Crippen LogP contribution in [0, 0.1) is 0 Å². The van der Waals surface area contributed by atoms with Crippen LogP contribution < -0.4 is 0 Å². The second kappa shape index (κ2) is 6.20. The first-order chi connectivity index (χ1) is 10.2. The van der Waals surface area contributed by atoms with Crippen LogP contribution in [0.15, 0.2) is 28.8 Å². The van der Waals surface area contributed by atoms with Crippen molar-refractivity contribution in [3.8, 4) is 11.4 Å². The molecule has 2 aromatic rings. The molecule has 0 amide bonds. The van der Waals surface area contributed by atoms with E-state index in [1.807, 2.05) is 20.8 Å². The molecule has 2 atom stereocenters. The Kier molecular flexibility index (Phi) is 4.69. The molecule has 2 rings (SSSR count). The number of aromatic nitrogens is 2. The van der Waals surface area contributed by atoms with E-state index in [2.05, 4.69) is 14.7 Å². The third-order valence-corrected chi connectivity index (χ3v) is 5.02. The zero-order chi connectivity index (χ0) is 16.5. The van der Waals surface area contributed by atoms with Gasteiger partial charge in [0.15, 0.2) is 0 Å². The zero-order valence-electron chi connectivity index (χ0n) is 12.2. The first kappa shape index (κ1) is 16.7. The van der Waals surface area contributed by atoms with Crippen molar-refractivity contribution in [1.82, 2.24) is 10.1 Å². The van der Waals surface area contributed by atoms with Gasteiger partial charge in [-0.2, -0.15) is 18.2 Å². The van der Waals surface area contributed by atoms with Crippen LogP contribution in [0.5, 0.6) is 0 Å². The van der Waals surface area contributed by atoms with E-state index in [9.17, 15) is 17.4 Å². The summed E-state index contributed by atoms with van der Waals surface area (Å²) in [5, 5.41) is 3.19. The van der Waals surface area contributed by atoms with Gasteiger partial charge in [-0.15, -0.1) is 0 Å². The number of hydrogen-bond acceptors (Lipinski definition) is 4. The Labute approximate surface area is 128 Å². The number of hydrogen-bond donors (Lipinski definition) is 0. The van der Waals surface area contributed by atoms with Crippen LogP contribution in [-0.4, -0.2) is 19.6 Å². The van der Waals surface area contributed by atoms with E-state index in [0.717, 1.165) is 5.56 Å². The minimum Gasteiger partial charge on any atom is -0.329 e. The maximum atomic E-state index is 12.4. The highest BCUT2D eigenvalue weighted by molar-refractivity contribution is 7.85. The second-order valence-corrected chi connectivity index (χ2v) is 7.37. The summed E-state index contributed by atoms with van der Waals surface area (Å²) in [7, 11) is -1.02. The molecule has 2 unspecified atom stereocenters. The first-order valence-corrected chi connectivity index (χ1v) is 7.88. The van der Waals surface area contributed by atoms with Crippen LogP contribution >= 0.6 is 0 Å². The van der Waals surface area contributed by atoms with E-state index in [1.165, 1.54) is 0 Å². The summed E-state index contributed by atoms with van der Waals surface area (Å²) in [4.78, 5) is 3.33. The molecule has 0 fully saturated rings. The van der Waals surface area contributed by atoms with Crippen molar-refractivity contribution < 1.29 is 21.9 Å². The highest BCUT2D eigenvalue weighted by Gasteiger charge is 2.38. The Balaban J connectivity index is 2.22. The zero-order valence-corrected chi connectivity index (χ0v) is 13.0. The monoisotopic (exact) mass is 332 g/mol. The Hall–Kier alpha value is -1.70. The van der Waals surface area contributed by atoms with Crippen molar-refractivity contribution in [3.63, 3.8) is 0 Å². The van der Waals surface area contributed by atoms with Gasteiger partial charge in [0, 0.05) is 21.6 Å². The fourth-order valence-electron chi connectivity index (χ4n) is 1.90. The van der Waals surface area contributed by atoms with Gasteiger partial charge in [0.05, 0.1) is 5.25 Å². The normalized spacial score (nSPS) is 15.0. The SMILES string of the molecule is CC(C)S(=O)C(C)c1ccc(-c2noc(C(F)(F)F)n2)cc1. The lowest BCUT2D eigenvalue weighted by Gasteiger charge is -2.14. The molecule has 0 bridgehead atoms. The number of rotatable bonds is 4. The maximum absolute atomic E-state index is 12.4. The van der Waals surface area contributed by atoms with E-state index in [0.29, 0.717) is 5.56 Å². The molecular formula is C14H15F3N2O2S. The predicted molar refractivity (Wildman–Crippen MR) is 76.4 cm³/mol. The Morgan fingerprint density at radius 3 is 2.18 bits per heavy atom. The van der Waals surface area contributed by atoms with Crippen molar-refractivity contribution in [2.24, 2.45) is 0 Å². The summed E-state index contributed by atoms with van der Waals surface area (Å²) >= 11 is 0. The first-order valence-electron chi connectivity index (χ1n) is 6.60. The summed E-state index contributed by atoms with van der Waals surface area (Å²) < 4.78 is 53.5. The molecular weight excluding hydrogens is 317 g/mol. The van der Waals surface area contributed by atoms with Gasteiger partial charge in [-0.25, -0.2) is 0 Å². The summed E-state index contributed by atoms with van der Waals surface area (Å²) in [6, 6.07) is 6.61. The van der Waals surface area contributed by atoms with Crippen LogP contribution in [-0.2, 0) is 17.0 Å². The molecule has 0 aliphatic carbocycles. The highest BCUT2D eigenvalue weighted by atomic mass is 32.2. The molecule has 0 aliphatic rings. The second-order valence-electron chi connectivity index (χ2n) is 5.06. The summed E-state index contributed by atoms with van der Waals surface area (Å²) in [6.45, 7) is 5.60. The van der Waals surface area contributed by atoms with Gasteiger partial charge >= 0.3 is 12.1 Å². The predicted octanol–water partition coefficient (Wildman–Crippen LogP) is 3.97. The fourth-order valence-corrected chi connectivity index (χ4v) is 3.14. The molecule has 4 nitrogen and oxygen atoms in total. The summed E-state index contributed by atoms with van der Waals surface area (Å²) in [5.41, 5.74) is 1.25. The average Bonchev–Trinajstić information content (AvgIpc) is 2.95. The Morgan fingerprint density at radius 1 is 1.14 bits per heavy atom. The number of alkyl halides is 3. The van der Waals surface area contributed by atoms with E-state index in [1.54, 1.807) is 24.3 Å². The largest absolute Gasteiger partial charge is 0.471 e. The van der Waals surface area contributed by atoms with Gasteiger partial charge in [-0.1, -0.05) is 43.3 Å². The van der Waals surface area contributed by atoms with Crippen molar-refractivity contribution in [1.29, 1.82) is 0 Å². The summed E-state index contributed by atoms with van der Waals surface area (Å²) in [5.74, 6) is -1.50. The van der Waals surface area contributed by atoms with Gasteiger partial charge < -0.3 is 4.52 Å². The smallest absolute Gasteiger partial charge is 0.329 e. The van der Waals surface area contributed by atoms with Gasteiger partial charge in [-0.3, -0.25) is 4.21 Å². The maximum Gasteiger partial charge on any atom is 0.471 e. The lowest BCUT2D eigenvalue weighted by atomic mass is 10.1. The highest BCUT2D eigenvalue weighted by Crippen LogP contribution is 2.30. The van der Waals surface area contributed by atoms with Crippen molar-refractivity contribution in [2.75, 3.05) is 0 Å². The molecule has 0 saturated carbocycles. The van der Waals surface area contributed by atoms with Crippen LogP contribution in [0.2, 0.25) is 0 Å². The molecule has 22 heavy (non-hydrogen) atoms. The average molecular weight is 332 g/mol. The minimum atomic E-state index is -4.66. The molecule has 1 heterocycles. The topological polar surface area (TPSA) is 56.0 Å². The summed E-state index contributed by atoms with van der Waals surface area (Å²) in [6.07, 6.45) is -4.66. The lowest BCUT2D eigenvalue weighted by Crippen LogP contribution is -2.12. The molecule has 8 heteroatoms. The lowest BCUT2D eigenvalue weighted by molar-refractivity contribution is -0.159. The molecule has 1 aromatic carbocycles. The molecule has 120 valence electrons. The number of benzene rings is 1. The van der Waals surface area contributed by atoms with Gasteiger partial charge in [-0.05, 0) is 12.5 Å². The van der Waals surface area contributed by atoms with Gasteiger partial charge in [0.25, 0.3) is 0 Å². The van der Waals surface area contributed by atoms with Crippen LogP contribution in [0.1, 0.15) is 37.5 Å². The van der Waals surface area contributed by atoms with Crippen molar-refractivity contribution in [3.05, 3.63) is 35.7 Å². The molecule has 0 radical (unpaired) electrons. The Morgan fingerprint density at radius 2 is 1.73 bits per heavy atom. The van der Waals surface area contributed by atoms with Crippen molar-refractivity contribution >= 4 is 10.8 Å². The van der Waals surface area contributed by atoms with E-state index in [-0.39, 0.29) is 16.3 Å². The minimum absolute atomic E-state index is 0.0289. The third kappa shape index (κ3) is 3.55. The molecule has 0 N–H and O–H groups in total. The standard InChI is InChI=1S/C14H15F3N2O2S/c1-8(2)22(20)9(3)10-4-6-11(7-5-10)12-18-13(21-19-12)14(15,16)17/h4-9H,1-3H3.